The van der Waals surface area contributed by atoms with Crippen molar-refractivity contribution in [2.45, 2.75) is 19.3 Å². The SMILES string of the molecule is COC(OC)C(C)NC(=O)c1c(F)ccc([N+](=O)[O-])c1F. The molecule has 1 atom stereocenters. The van der Waals surface area contributed by atoms with E-state index in [0.29, 0.717) is 12.1 Å². The summed E-state index contributed by atoms with van der Waals surface area (Å²) in [4.78, 5) is 21.4. The minimum atomic E-state index is -1.53. The van der Waals surface area contributed by atoms with E-state index in [9.17, 15) is 23.7 Å². The topological polar surface area (TPSA) is 90.7 Å². The lowest BCUT2D eigenvalue weighted by Crippen LogP contribution is -2.43. The third-order valence-corrected chi connectivity index (χ3v) is 2.73. The molecule has 1 rings (SSSR count). The second-order valence-electron chi connectivity index (χ2n) is 4.11. The first-order valence-corrected chi connectivity index (χ1v) is 5.82. The monoisotopic (exact) mass is 304 g/mol. The molecule has 0 spiro atoms. The molecule has 7 nitrogen and oxygen atoms in total. The average molecular weight is 304 g/mol. The Morgan fingerprint density at radius 2 is 1.90 bits per heavy atom. The molecular weight excluding hydrogens is 290 g/mol. The van der Waals surface area contributed by atoms with Gasteiger partial charge < -0.3 is 14.8 Å². The number of halogens is 2. The van der Waals surface area contributed by atoms with Gasteiger partial charge in [0.25, 0.3) is 5.91 Å². The summed E-state index contributed by atoms with van der Waals surface area (Å²) in [5.74, 6) is -3.87. The van der Waals surface area contributed by atoms with E-state index in [1.54, 1.807) is 0 Å². The Morgan fingerprint density at radius 1 is 1.33 bits per heavy atom. The number of nitrogens with one attached hydrogen (secondary N) is 1. The van der Waals surface area contributed by atoms with E-state index >= 15 is 0 Å². The summed E-state index contributed by atoms with van der Waals surface area (Å²) in [5, 5.41) is 12.9. The van der Waals surface area contributed by atoms with Gasteiger partial charge in [-0.3, -0.25) is 14.9 Å². The number of carbonyl (C=O) groups is 1. The zero-order chi connectivity index (χ0) is 16.2. The molecule has 0 aliphatic rings. The maximum atomic E-state index is 13.8. The largest absolute Gasteiger partial charge is 0.354 e. The van der Waals surface area contributed by atoms with Crippen molar-refractivity contribution < 1.29 is 28.0 Å². The number of nitrogens with zero attached hydrogens (tertiary/aromatic N) is 1. The first-order chi connectivity index (χ1) is 9.83. The van der Waals surface area contributed by atoms with Crippen molar-refractivity contribution in [3.8, 4) is 0 Å². The normalized spacial score (nSPS) is 12.3. The molecule has 0 bridgehead atoms. The van der Waals surface area contributed by atoms with Crippen LogP contribution in [0, 0.1) is 21.7 Å². The van der Waals surface area contributed by atoms with Crippen LogP contribution in [0.1, 0.15) is 17.3 Å². The minimum absolute atomic E-state index is 0.651. The maximum Gasteiger partial charge on any atom is 0.305 e. The molecule has 9 heteroatoms. The fourth-order valence-electron chi connectivity index (χ4n) is 1.74. The first kappa shape index (κ1) is 16.9. The van der Waals surface area contributed by atoms with Gasteiger partial charge in [-0.1, -0.05) is 0 Å². The highest BCUT2D eigenvalue weighted by Gasteiger charge is 2.28. The molecule has 1 amide bonds. The maximum absolute atomic E-state index is 13.8. The minimum Gasteiger partial charge on any atom is -0.354 e. The second kappa shape index (κ2) is 7.04. The molecule has 0 aliphatic carbocycles. The van der Waals surface area contributed by atoms with Crippen LogP contribution in [0.4, 0.5) is 14.5 Å². The summed E-state index contributed by atoms with van der Waals surface area (Å²) < 4.78 is 37.2. The van der Waals surface area contributed by atoms with Crippen LogP contribution in [0.25, 0.3) is 0 Å². The number of hydrogen-bond donors (Lipinski definition) is 1. The van der Waals surface area contributed by atoms with Crippen molar-refractivity contribution in [1.82, 2.24) is 5.32 Å². The van der Waals surface area contributed by atoms with Gasteiger partial charge in [0.2, 0.25) is 5.82 Å². The number of nitro groups is 1. The van der Waals surface area contributed by atoms with E-state index in [-0.39, 0.29) is 0 Å². The van der Waals surface area contributed by atoms with E-state index in [2.05, 4.69) is 5.32 Å². The quantitative estimate of drug-likeness (QED) is 0.490. The number of nitro benzene ring substituents is 1. The Morgan fingerprint density at radius 3 is 2.38 bits per heavy atom. The first-order valence-electron chi connectivity index (χ1n) is 5.82. The molecule has 0 radical (unpaired) electrons. The Kier molecular flexibility index (Phi) is 5.68. The van der Waals surface area contributed by atoms with E-state index < -0.39 is 46.0 Å². The fraction of sp³-hybridized carbons (Fsp3) is 0.417. The Bertz CT molecular complexity index is 549. The van der Waals surface area contributed by atoms with Crippen LogP contribution in [-0.2, 0) is 9.47 Å². The van der Waals surface area contributed by atoms with Gasteiger partial charge in [0.05, 0.1) is 11.0 Å². The summed E-state index contributed by atoms with van der Waals surface area (Å²) in [6, 6.07) is 0.577. The summed E-state index contributed by atoms with van der Waals surface area (Å²) in [6.07, 6.45) is -0.834. The van der Waals surface area contributed by atoms with Crippen LogP contribution >= 0.6 is 0 Å². The highest BCUT2D eigenvalue weighted by molar-refractivity contribution is 5.95. The van der Waals surface area contributed by atoms with Gasteiger partial charge in [-0.15, -0.1) is 0 Å². The van der Waals surface area contributed by atoms with Gasteiger partial charge in [0.1, 0.15) is 11.4 Å². The highest BCUT2D eigenvalue weighted by atomic mass is 19.1. The van der Waals surface area contributed by atoms with Gasteiger partial charge in [-0.05, 0) is 13.0 Å². The molecule has 1 N–H and O–H groups in total. The highest BCUT2D eigenvalue weighted by Crippen LogP contribution is 2.23. The van der Waals surface area contributed by atoms with Crippen LogP contribution in [0.3, 0.4) is 0 Å². The van der Waals surface area contributed by atoms with Crippen LogP contribution in [0.15, 0.2) is 12.1 Å². The van der Waals surface area contributed by atoms with Crippen LogP contribution in [0.5, 0.6) is 0 Å². The molecule has 0 aromatic heterocycles. The van der Waals surface area contributed by atoms with Crippen LogP contribution in [-0.4, -0.2) is 37.4 Å². The van der Waals surface area contributed by atoms with E-state index in [1.165, 1.54) is 21.1 Å². The number of carbonyl (C=O) groups excluding carboxylic acids is 1. The van der Waals surface area contributed by atoms with Gasteiger partial charge in [0.15, 0.2) is 6.29 Å². The van der Waals surface area contributed by atoms with Crippen molar-refractivity contribution in [3.63, 3.8) is 0 Å². The lowest BCUT2D eigenvalue weighted by Gasteiger charge is -2.22. The van der Waals surface area contributed by atoms with Gasteiger partial charge in [-0.2, -0.15) is 4.39 Å². The molecule has 0 heterocycles. The average Bonchev–Trinajstić information content (AvgIpc) is 2.39. The second-order valence-corrected chi connectivity index (χ2v) is 4.11. The molecule has 1 aromatic carbocycles. The van der Waals surface area contributed by atoms with Gasteiger partial charge in [0, 0.05) is 20.3 Å². The molecule has 116 valence electrons. The summed E-state index contributed by atoms with van der Waals surface area (Å²) in [6.45, 7) is 1.49. The number of hydrogen-bond acceptors (Lipinski definition) is 5. The standard InChI is InChI=1S/C12H14F2N2O5/c1-6(12(20-2)21-3)15-11(17)9-7(13)4-5-8(10(9)14)16(18)19/h4-6,12H,1-3H3,(H,15,17). The number of amides is 1. The van der Waals surface area contributed by atoms with E-state index in [0.717, 1.165) is 0 Å². The number of benzene rings is 1. The Labute approximate surface area is 119 Å². The van der Waals surface area contributed by atoms with Crippen LogP contribution < -0.4 is 5.32 Å². The third-order valence-electron chi connectivity index (χ3n) is 2.73. The Hall–Kier alpha value is -2.13. The summed E-state index contributed by atoms with van der Waals surface area (Å²) in [5.41, 5.74) is -2.01. The zero-order valence-electron chi connectivity index (χ0n) is 11.6. The van der Waals surface area contributed by atoms with Crippen molar-refractivity contribution >= 4 is 11.6 Å². The predicted octanol–water partition coefficient (Wildman–Crippen LogP) is 1.61. The van der Waals surface area contributed by atoms with Gasteiger partial charge >= 0.3 is 5.69 Å². The zero-order valence-corrected chi connectivity index (χ0v) is 11.6. The third kappa shape index (κ3) is 3.70. The number of methoxy groups -OCH3 is 2. The van der Waals surface area contributed by atoms with Crippen molar-refractivity contribution in [2.75, 3.05) is 14.2 Å². The smallest absolute Gasteiger partial charge is 0.305 e. The Balaban J connectivity index is 3.08. The molecule has 0 fully saturated rings. The van der Waals surface area contributed by atoms with Crippen molar-refractivity contribution in [3.05, 3.63) is 39.4 Å². The number of rotatable bonds is 6. The summed E-state index contributed by atoms with van der Waals surface area (Å²) >= 11 is 0. The lowest BCUT2D eigenvalue weighted by molar-refractivity contribution is -0.387. The van der Waals surface area contributed by atoms with Gasteiger partial charge in [-0.25, -0.2) is 4.39 Å². The molecule has 1 aromatic rings. The summed E-state index contributed by atoms with van der Waals surface area (Å²) in [7, 11) is 2.65. The molecular formula is C12H14F2N2O5. The molecule has 21 heavy (non-hydrogen) atoms. The van der Waals surface area contributed by atoms with E-state index in [1.807, 2.05) is 0 Å². The number of ether oxygens (including phenoxy) is 2. The molecule has 0 saturated carbocycles. The molecule has 1 unspecified atom stereocenters. The molecule has 0 aliphatic heterocycles. The van der Waals surface area contributed by atoms with Crippen LogP contribution in [0.2, 0.25) is 0 Å². The lowest BCUT2D eigenvalue weighted by atomic mass is 10.1. The van der Waals surface area contributed by atoms with Crippen molar-refractivity contribution in [1.29, 1.82) is 0 Å². The van der Waals surface area contributed by atoms with Crippen molar-refractivity contribution in [2.24, 2.45) is 0 Å². The van der Waals surface area contributed by atoms with E-state index in [4.69, 9.17) is 9.47 Å². The fourth-order valence-corrected chi connectivity index (χ4v) is 1.74. The molecule has 0 saturated heterocycles. The predicted molar refractivity (Wildman–Crippen MR) is 67.7 cm³/mol.